The molecule has 106 valence electrons. The topological polar surface area (TPSA) is 34.2 Å². The molecule has 0 saturated heterocycles. The molecule has 1 aromatic heterocycles. The first kappa shape index (κ1) is 14.9. The number of hydrogen-bond donors (Lipinski definition) is 1. The van der Waals surface area contributed by atoms with Gasteiger partial charge in [0.25, 0.3) is 0 Å². The van der Waals surface area contributed by atoms with Crippen LogP contribution < -0.4 is 10.1 Å². The summed E-state index contributed by atoms with van der Waals surface area (Å²) < 4.78 is 5.35. The molecule has 0 amide bonds. The van der Waals surface area contributed by atoms with Crippen LogP contribution in [0.1, 0.15) is 13.3 Å². The number of nitrogens with one attached hydrogen (secondary N) is 1. The van der Waals surface area contributed by atoms with Crippen LogP contribution in [0.4, 0.5) is 5.82 Å². The number of aromatic nitrogens is 1. The van der Waals surface area contributed by atoms with Crippen molar-refractivity contribution >= 4 is 29.0 Å². The molecule has 0 atom stereocenters. The van der Waals surface area contributed by atoms with Crippen molar-refractivity contribution in [3.63, 3.8) is 0 Å². The van der Waals surface area contributed by atoms with Crippen LogP contribution in [-0.4, -0.2) is 18.6 Å². The third-order valence-electron chi connectivity index (χ3n) is 2.83. The summed E-state index contributed by atoms with van der Waals surface area (Å²) in [4.78, 5) is 4.53. The predicted molar refractivity (Wildman–Crippen MR) is 85.0 cm³/mol. The lowest BCUT2D eigenvalue weighted by atomic mass is 10.1. The summed E-state index contributed by atoms with van der Waals surface area (Å²) >= 11 is 12.4. The molecule has 0 bridgehead atoms. The van der Waals surface area contributed by atoms with E-state index in [-0.39, 0.29) is 0 Å². The quantitative estimate of drug-likeness (QED) is 0.854. The van der Waals surface area contributed by atoms with Gasteiger partial charge in [-0.2, -0.15) is 0 Å². The maximum Gasteiger partial charge on any atom is 0.145 e. The van der Waals surface area contributed by atoms with E-state index in [0.29, 0.717) is 21.6 Å². The van der Waals surface area contributed by atoms with E-state index in [1.807, 2.05) is 24.3 Å². The van der Waals surface area contributed by atoms with Crippen molar-refractivity contribution in [1.29, 1.82) is 0 Å². The van der Waals surface area contributed by atoms with E-state index in [1.165, 1.54) is 0 Å². The van der Waals surface area contributed by atoms with Crippen LogP contribution in [0.15, 0.2) is 30.3 Å². The largest absolute Gasteiger partial charge is 0.496 e. The van der Waals surface area contributed by atoms with Gasteiger partial charge in [0, 0.05) is 12.1 Å². The fourth-order valence-corrected chi connectivity index (χ4v) is 2.39. The molecular formula is C15H16Cl2N2O. The molecule has 0 fully saturated rings. The van der Waals surface area contributed by atoms with E-state index >= 15 is 0 Å². The monoisotopic (exact) mass is 310 g/mol. The zero-order valence-electron chi connectivity index (χ0n) is 11.4. The van der Waals surface area contributed by atoms with Gasteiger partial charge >= 0.3 is 0 Å². The van der Waals surface area contributed by atoms with E-state index in [0.717, 1.165) is 24.3 Å². The van der Waals surface area contributed by atoms with Crippen LogP contribution >= 0.6 is 23.2 Å². The minimum atomic E-state index is 0.501. The first-order valence-corrected chi connectivity index (χ1v) is 7.16. The number of anilines is 1. The number of rotatable bonds is 5. The summed E-state index contributed by atoms with van der Waals surface area (Å²) in [5.74, 6) is 1.37. The molecule has 5 heteroatoms. The Morgan fingerprint density at radius 1 is 1.20 bits per heavy atom. The molecular weight excluding hydrogens is 295 g/mol. The zero-order chi connectivity index (χ0) is 14.5. The number of methoxy groups -OCH3 is 1. The molecule has 0 aliphatic heterocycles. The summed E-state index contributed by atoms with van der Waals surface area (Å²) in [6, 6.07) is 9.33. The second-order valence-electron chi connectivity index (χ2n) is 4.28. The van der Waals surface area contributed by atoms with Crippen molar-refractivity contribution in [2.45, 2.75) is 13.3 Å². The summed E-state index contributed by atoms with van der Waals surface area (Å²) in [6.45, 7) is 2.89. The summed E-state index contributed by atoms with van der Waals surface area (Å²) in [7, 11) is 1.62. The number of pyridine rings is 1. The van der Waals surface area contributed by atoms with Crippen molar-refractivity contribution in [2.24, 2.45) is 0 Å². The first-order chi connectivity index (χ1) is 9.67. The Bertz CT molecular complexity index is 602. The summed E-state index contributed by atoms with van der Waals surface area (Å²) in [6.07, 6.45) is 0.991. The number of benzene rings is 1. The van der Waals surface area contributed by atoms with Crippen LogP contribution in [0.5, 0.6) is 5.75 Å². The second-order valence-corrected chi connectivity index (χ2v) is 5.09. The van der Waals surface area contributed by atoms with E-state index in [4.69, 9.17) is 27.9 Å². The summed E-state index contributed by atoms with van der Waals surface area (Å²) in [5, 5.41) is 4.21. The van der Waals surface area contributed by atoms with Crippen LogP contribution in [0.25, 0.3) is 11.3 Å². The van der Waals surface area contributed by atoms with Crippen molar-refractivity contribution < 1.29 is 4.74 Å². The highest BCUT2D eigenvalue weighted by atomic mass is 35.5. The molecule has 0 aliphatic carbocycles. The standard InChI is InChI=1S/C15H16Cl2N2O/c1-3-8-18-15-12(17)9-11(16)14(19-15)10-6-4-5-7-13(10)20-2/h4-7,9H,3,8H2,1-2H3,(H,18,19). The molecule has 0 spiro atoms. The van der Waals surface area contributed by atoms with Crippen LogP contribution in [0, 0.1) is 0 Å². The lowest BCUT2D eigenvalue weighted by molar-refractivity contribution is 0.416. The molecule has 20 heavy (non-hydrogen) atoms. The van der Waals surface area contributed by atoms with E-state index < -0.39 is 0 Å². The highest BCUT2D eigenvalue weighted by molar-refractivity contribution is 6.37. The SMILES string of the molecule is CCCNc1nc(-c2ccccc2OC)c(Cl)cc1Cl. The number of halogens is 2. The maximum absolute atomic E-state index is 6.27. The molecule has 1 N–H and O–H groups in total. The van der Waals surface area contributed by atoms with Gasteiger partial charge in [-0.05, 0) is 24.6 Å². The zero-order valence-corrected chi connectivity index (χ0v) is 12.9. The Kier molecular flexibility index (Phi) is 5.10. The van der Waals surface area contributed by atoms with Crippen molar-refractivity contribution in [1.82, 2.24) is 4.98 Å². The van der Waals surface area contributed by atoms with Crippen LogP contribution in [0.2, 0.25) is 10.0 Å². The molecule has 2 rings (SSSR count). The van der Waals surface area contributed by atoms with Crippen molar-refractivity contribution in [2.75, 3.05) is 19.0 Å². The van der Waals surface area contributed by atoms with Gasteiger partial charge in [-0.25, -0.2) is 4.98 Å². The van der Waals surface area contributed by atoms with Crippen LogP contribution in [-0.2, 0) is 0 Å². The minimum absolute atomic E-state index is 0.501. The number of ether oxygens (including phenoxy) is 1. The summed E-state index contributed by atoms with van der Waals surface area (Å²) in [5.41, 5.74) is 1.50. The fourth-order valence-electron chi connectivity index (χ4n) is 1.86. The van der Waals surface area contributed by atoms with Crippen molar-refractivity contribution in [3.8, 4) is 17.0 Å². The Morgan fingerprint density at radius 3 is 2.65 bits per heavy atom. The number of para-hydroxylation sites is 1. The normalized spacial score (nSPS) is 10.4. The van der Waals surface area contributed by atoms with Crippen molar-refractivity contribution in [3.05, 3.63) is 40.4 Å². The van der Waals surface area contributed by atoms with Gasteiger partial charge in [0.2, 0.25) is 0 Å². The lowest BCUT2D eigenvalue weighted by Gasteiger charge is -2.13. The molecule has 0 saturated carbocycles. The van der Waals surface area contributed by atoms with E-state index in [9.17, 15) is 0 Å². The average molecular weight is 311 g/mol. The third-order valence-corrected chi connectivity index (χ3v) is 3.41. The Hall–Kier alpha value is -1.45. The lowest BCUT2D eigenvalue weighted by Crippen LogP contribution is -2.04. The molecule has 0 unspecified atom stereocenters. The number of hydrogen-bond acceptors (Lipinski definition) is 3. The molecule has 3 nitrogen and oxygen atoms in total. The first-order valence-electron chi connectivity index (χ1n) is 6.40. The third kappa shape index (κ3) is 3.17. The minimum Gasteiger partial charge on any atom is -0.496 e. The van der Waals surface area contributed by atoms with Crippen LogP contribution in [0.3, 0.4) is 0 Å². The smallest absolute Gasteiger partial charge is 0.145 e. The Labute approximate surface area is 128 Å². The molecule has 0 aliphatic rings. The number of nitrogens with zero attached hydrogens (tertiary/aromatic N) is 1. The Balaban J connectivity index is 2.50. The highest BCUT2D eigenvalue weighted by Gasteiger charge is 2.14. The molecule has 1 aromatic carbocycles. The molecule has 2 aromatic rings. The predicted octanol–water partition coefficient (Wildman–Crippen LogP) is 4.89. The van der Waals surface area contributed by atoms with Gasteiger partial charge in [-0.15, -0.1) is 0 Å². The second kappa shape index (κ2) is 6.82. The van der Waals surface area contributed by atoms with Gasteiger partial charge < -0.3 is 10.1 Å². The van der Waals surface area contributed by atoms with Gasteiger partial charge in [-0.3, -0.25) is 0 Å². The van der Waals surface area contributed by atoms with E-state index in [1.54, 1.807) is 13.2 Å². The highest BCUT2D eigenvalue weighted by Crippen LogP contribution is 2.36. The Morgan fingerprint density at radius 2 is 1.95 bits per heavy atom. The maximum atomic E-state index is 6.27. The average Bonchev–Trinajstić information content (AvgIpc) is 2.46. The van der Waals surface area contributed by atoms with Gasteiger partial charge in [0.15, 0.2) is 0 Å². The van der Waals surface area contributed by atoms with E-state index in [2.05, 4.69) is 17.2 Å². The van der Waals surface area contributed by atoms with Gasteiger partial charge in [0.1, 0.15) is 11.6 Å². The molecule has 0 radical (unpaired) electrons. The van der Waals surface area contributed by atoms with Gasteiger partial charge in [-0.1, -0.05) is 42.3 Å². The fraction of sp³-hybridized carbons (Fsp3) is 0.267. The van der Waals surface area contributed by atoms with Gasteiger partial charge in [0.05, 0.1) is 22.8 Å². The molecule has 1 heterocycles.